The second kappa shape index (κ2) is 10.8. The molecular weight excluding hydrogens is 374 g/mol. The molecule has 0 saturated carbocycles. The minimum Gasteiger partial charge on any atom is -0.352 e. The van der Waals surface area contributed by atoms with Gasteiger partial charge in [0.05, 0.1) is 10.6 Å². The molecule has 6 nitrogen and oxygen atoms in total. The van der Waals surface area contributed by atoms with E-state index in [1.165, 1.54) is 12.1 Å². The first kappa shape index (κ1) is 22.0. The average molecular weight is 398 g/mol. The van der Waals surface area contributed by atoms with Gasteiger partial charge in [0.25, 0.3) is 10.0 Å². The van der Waals surface area contributed by atoms with Crippen LogP contribution in [0.15, 0.2) is 59.5 Å². The summed E-state index contributed by atoms with van der Waals surface area (Å²) in [6.45, 7) is 1.05. The summed E-state index contributed by atoms with van der Waals surface area (Å²) in [5.41, 5.74) is 1.17. The number of anilines is 1. The van der Waals surface area contributed by atoms with Crippen molar-refractivity contribution < 1.29 is 13.2 Å². The first-order chi connectivity index (χ1) is 12.0. The van der Waals surface area contributed by atoms with E-state index >= 15 is 0 Å². The molecular formula is C18H24ClN3O3S. The zero-order valence-electron chi connectivity index (χ0n) is 14.6. The first-order valence-electron chi connectivity index (χ1n) is 8.10. The number of sulfonamides is 1. The van der Waals surface area contributed by atoms with E-state index in [-0.39, 0.29) is 29.8 Å². The van der Waals surface area contributed by atoms with Crippen LogP contribution in [-0.2, 0) is 21.4 Å². The number of amides is 1. The fourth-order valence-corrected chi connectivity index (χ4v) is 3.41. The van der Waals surface area contributed by atoms with E-state index in [9.17, 15) is 13.2 Å². The van der Waals surface area contributed by atoms with Gasteiger partial charge in [-0.3, -0.25) is 9.52 Å². The number of hydrogen-bond acceptors (Lipinski definition) is 4. The van der Waals surface area contributed by atoms with E-state index in [2.05, 4.69) is 15.4 Å². The number of carbonyl (C=O) groups excluding carboxylic acids is 1. The molecule has 0 aromatic heterocycles. The van der Waals surface area contributed by atoms with E-state index in [4.69, 9.17) is 0 Å². The van der Waals surface area contributed by atoms with Gasteiger partial charge in [0, 0.05) is 13.0 Å². The van der Waals surface area contributed by atoms with E-state index in [1.807, 2.05) is 13.1 Å². The largest absolute Gasteiger partial charge is 0.352 e. The Hall–Kier alpha value is -2.09. The van der Waals surface area contributed by atoms with Crippen LogP contribution in [0, 0.1) is 0 Å². The van der Waals surface area contributed by atoms with Crippen LogP contribution in [0.2, 0.25) is 0 Å². The fraction of sp³-hybridized carbons (Fsp3) is 0.278. The van der Waals surface area contributed by atoms with E-state index in [0.717, 1.165) is 13.0 Å². The maximum Gasteiger partial charge on any atom is 0.261 e. The number of nitrogens with one attached hydrogen (secondary N) is 3. The monoisotopic (exact) mass is 397 g/mol. The zero-order chi connectivity index (χ0) is 18.1. The van der Waals surface area contributed by atoms with Crippen molar-refractivity contribution in [1.82, 2.24) is 10.6 Å². The van der Waals surface area contributed by atoms with Crippen molar-refractivity contribution in [3.63, 3.8) is 0 Å². The van der Waals surface area contributed by atoms with Gasteiger partial charge in [-0.2, -0.15) is 0 Å². The van der Waals surface area contributed by atoms with Crippen molar-refractivity contribution in [2.24, 2.45) is 0 Å². The third-order valence-corrected chi connectivity index (χ3v) is 5.00. The van der Waals surface area contributed by atoms with Gasteiger partial charge in [-0.15, -0.1) is 12.4 Å². The number of benzene rings is 2. The lowest BCUT2D eigenvalue weighted by Crippen LogP contribution is -2.24. The van der Waals surface area contributed by atoms with Crippen molar-refractivity contribution >= 4 is 34.0 Å². The van der Waals surface area contributed by atoms with Crippen LogP contribution in [0.25, 0.3) is 0 Å². The van der Waals surface area contributed by atoms with Crippen LogP contribution in [0.1, 0.15) is 18.4 Å². The molecule has 2 rings (SSSR count). The summed E-state index contributed by atoms with van der Waals surface area (Å²) < 4.78 is 27.5. The summed E-state index contributed by atoms with van der Waals surface area (Å²) in [6.07, 6.45) is 1.18. The van der Waals surface area contributed by atoms with Crippen molar-refractivity contribution in [3.8, 4) is 0 Å². The third-order valence-electron chi connectivity index (χ3n) is 3.62. The van der Waals surface area contributed by atoms with Gasteiger partial charge in [-0.05, 0) is 43.8 Å². The highest BCUT2D eigenvalue weighted by atomic mass is 35.5. The van der Waals surface area contributed by atoms with Gasteiger partial charge >= 0.3 is 0 Å². The Bertz CT molecular complexity index is 798. The number of carbonyl (C=O) groups is 1. The number of para-hydroxylation sites is 1. The molecule has 0 fully saturated rings. The molecule has 3 N–H and O–H groups in total. The zero-order valence-corrected chi connectivity index (χ0v) is 16.2. The topological polar surface area (TPSA) is 87.3 Å². The third kappa shape index (κ3) is 6.67. The van der Waals surface area contributed by atoms with Crippen LogP contribution >= 0.6 is 12.4 Å². The lowest BCUT2D eigenvalue weighted by atomic mass is 10.2. The highest BCUT2D eigenvalue weighted by molar-refractivity contribution is 7.92. The maximum atomic E-state index is 12.5. The van der Waals surface area contributed by atoms with E-state index < -0.39 is 10.0 Å². The average Bonchev–Trinajstić information content (AvgIpc) is 2.62. The smallest absolute Gasteiger partial charge is 0.261 e. The Labute approximate surface area is 160 Å². The summed E-state index contributed by atoms with van der Waals surface area (Å²) in [5.74, 6) is -0.0593. The normalized spacial score (nSPS) is 10.7. The number of halogens is 1. The number of hydrogen-bond donors (Lipinski definition) is 3. The summed E-state index contributed by atoms with van der Waals surface area (Å²) in [7, 11) is -1.82. The Balaban J connectivity index is 0.00000338. The van der Waals surface area contributed by atoms with Crippen molar-refractivity contribution in [2.75, 3.05) is 18.3 Å². The van der Waals surface area contributed by atoms with E-state index in [1.54, 1.807) is 36.4 Å². The van der Waals surface area contributed by atoms with Crippen LogP contribution in [0.3, 0.4) is 0 Å². The molecule has 2 aromatic rings. The summed E-state index contributed by atoms with van der Waals surface area (Å²) in [5, 5.41) is 5.81. The van der Waals surface area contributed by atoms with Crippen molar-refractivity contribution in [2.45, 2.75) is 24.3 Å². The highest BCUT2D eigenvalue weighted by Gasteiger charge is 2.15. The lowest BCUT2D eigenvalue weighted by molar-refractivity contribution is -0.121. The second-order valence-electron chi connectivity index (χ2n) is 5.56. The Kier molecular flexibility index (Phi) is 9.12. The number of rotatable bonds is 9. The van der Waals surface area contributed by atoms with Gasteiger partial charge in [0.1, 0.15) is 0 Å². The standard InChI is InChI=1S/C18H23N3O3S.ClH/c1-19-13-7-12-18(22)20-14-15-8-5-6-11-17(15)21-25(23,24)16-9-3-2-4-10-16;/h2-6,8-11,19,21H,7,12-14H2,1H3,(H,20,22);1H. The molecule has 2 aromatic carbocycles. The molecule has 0 aliphatic heterocycles. The molecule has 0 radical (unpaired) electrons. The molecule has 0 atom stereocenters. The first-order valence-corrected chi connectivity index (χ1v) is 9.58. The van der Waals surface area contributed by atoms with Crippen LogP contribution in [0.5, 0.6) is 0 Å². The lowest BCUT2D eigenvalue weighted by Gasteiger charge is -2.13. The van der Waals surface area contributed by atoms with Crippen molar-refractivity contribution in [1.29, 1.82) is 0 Å². The van der Waals surface area contributed by atoms with Gasteiger partial charge in [0.2, 0.25) is 5.91 Å². The molecule has 0 aliphatic rings. The van der Waals surface area contributed by atoms with Crippen LogP contribution < -0.4 is 15.4 Å². The molecule has 0 heterocycles. The Morgan fingerprint density at radius 1 is 1.00 bits per heavy atom. The molecule has 0 unspecified atom stereocenters. The van der Waals surface area contributed by atoms with Gasteiger partial charge in [-0.1, -0.05) is 36.4 Å². The molecule has 1 amide bonds. The minimum absolute atomic E-state index is 0. The van der Waals surface area contributed by atoms with E-state index in [0.29, 0.717) is 17.7 Å². The van der Waals surface area contributed by atoms with Gasteiger partial charge < -0.3 is 10.6 Å². The Morgan fingerprint density at radius 2 is 1.65 bits per heavy atom. The maximum absolute atomic E-state index is 12.5. The fourth-order valence-electron chi connectivity index (χ4n) is 2.29. The highest BCUT2D eigenvalue weighted by Crippen LogP contribution is 2.20. The molecule has 0 saturated heterocycles. The van der Waals surface area contributed by atoms with Crippen molar-refractivity contribution in [3.05, 3.63) is 60.2 Å². The van der Waals surface area contributed by atoms with Gasteiger partial charge in [-0.25, -0.2) is 8.42 Å². The quantitative estimate of drug-likeness (QED) is 0.567. The summed E-state index contributed by atoms with van der Waals surface area (Å²) >= 11 is 0. The predicted molar refractivity (Wildman–Crippen MR) is 106 cm³/mol. The Morgan fingerprint density at radius 3 is 2.35 bits per heavy atom. The molecule has 8 heteroatoms. The summed E-state index contributed by atoms with van der Waals surface area (Å²) in [4.78, 5) is 12.0. The molecule has 0 spiro atoms. The molecule has 142 valence electrons. The second-order valence-corrected chi connectivity index (χ2v) is 7.24. The molecule has 0 bridgehead atoms. The SMILES string of the molecule is CNCCCC(=O)NCc1ccccc1NS(=O)(=O)c1ccccc1.Cl. The minimum atomic E-state index is -3.66. The predicted octanol–water partition coefficient (Wildman–Crippen LogP) is 2.52. The van der Waals surface area contributed by atoms with Crippen LogP contribution in [-0.4, -0.2) is 27.9 Å². The van der Waals surface area contributed by atoms with Gasteiger partial charge in [0.15, 0.2) is 0 Å². The summed E-state index contributed by atoms with van der Waals surface area (Å²) in [6, 6.07) is 15.2. The molecule has 0 aliphatic carbocycles. The van der Waals surface area contributed by atoms with Crippen LogP contribution in [0.4, 0.5) is 5.69 Å². The molecule has 26 heavy (non-hydrogen) atoms.